The molecular weight excluding hydrogens is 550 g/mol. The van der Waals surface area contributed by atoms with E-state index in [9.17, 15) is 4.79 Å². The summed E-state index contributed by atoms with van der Waals surface area (Å²) in [5.41, 5.74) is 5.12. The zero-order valence-corrected chi connectivity index (χ0v) is 24.9. The highest BCUT2D eigenvalue weighted by Gasteiger charge is 2.11. The minimum Gasteiger partial charge on any atom is -0.493 e. The summed E-state index contributed by atoms with van der Waals surface area (Å²) in [4.78, 5) is 12.8. The molecule has 0 saturated carbocycles. The van der Waals surface area contributed by atoms with Crippen molar-refractivity contribution in [2.75, 3.05) is 13.7 Å². The zero-order valence-electron chi connectivity index (χ0n) is 24.9. The van der Waals surface area contributed by atoms with E-state index in [2.05, 4.69) is 5.32 Å². The minimum absolute atomic E-state index is 0.0617. The molecule has 224 valence electrons. The van der Waals surface area contributed by atoms with E-state index < -0.39 is 0 Å². The van der Waals surface area contributed by atoms with Crippen LogP contribution in [0.25, 0.3) is 0 Å². The lowest BCUT2D eigenvalue weighted by Gasteiger charge is -2.15. The van der Waals surface area contributed by atoms with Gasteiger partial charge in [-0.1, -0.05) is 103 Å². The average molecular weight is 588 g/mol. The molecule has 1 amide bonds. The van der Waals surface area contributed by atoms with Crippen molar-refractivity contribution in [2.24, 2.45) is 0 Å². The maximum atomic E-state index is 12.8. The molecule has 0 radical (unpaired) electrons. The third kappa shape index (κ3) is 9.13. The van der Waals surface area contributed by atoms with Gasteiger partial charge in [0.2, 0.25) is 5.91 Å². The monoisotopic (exact) mass is 587 g/mol. The van der Waals surface area contributed by atoms with E-state index in [1.165, 1.54) is 0 Å². The van der Waals surface area contributed by atoms with Crippen molar-refractivity contribution in [1.82, 2.24) is 5.32 Å². The SMILES string of the molecule is COc1cc(CC(=O)NCCc2ccc(OCc3ccccc3)c(OCc3ccccc3)c2)ccc1OCc1ccccc1. The fraction of sp³-hybridized carbons (Fsp3) is 0.184. The molecule has 0 saturated heterocycles. The first-order chi connectivity index (χ1) is 21.7. The van der Waals surface area contributed by atoms with Gasteiger partial charge in [0.15, 0.2) is 23.0 Å². The number of rotatable bonds is 15. The Morgan fingerprint density at radius 2 is 0.977 bits per heavy atom. The second kappa shape index (κ2) is 15.8. The quantitative estimate of drug-likeness (QED) is 0.139. The van der Waals surface area contributed by atoms with Crippen LogP contribution >= 0.6 is 0 Å². The van der Waals surface area contributed by atoms with E-state index in [0.29, 0.717) is 55.8 Å². The Morgan fingerprint density at radius 3 is 1.50 bits per heavy atom. The van der Waals surface area contributed by atoms with Crippen molar-refractivity contribution in [3.63, 3.8) is 0 Å². The average Bonchev–Trinajstić information content (AvgIpc) is 3.07. The van der Waals surface area contributed by atoms with Gasteiger partial charge in [-0.25, -0.2) is 0 Å². The molecule has 5 aromatic carbocycles. The molecule has 0 aliphatic heterocycles. The molecule has 0 atom stereocenters. The highest BCUT2D eigenvalue weighted by atomic mass is 16.5. The molecule has 0 aromatic heterocycles. The number of hydrogen-bond donors (Lipinski definition) is 1. The van der Waals surface area contributed by atoms with Crippen molar-refractivity contribution in [3.8, 4) is 23.0 Å². The van der Waals surface area contributed by atoms with E-state index in [0.717, 1.165) is 27.8 Å². The van der Waals surface area contributed by atoms with Gasteiger partial charge in [-0.15, -0.1) is 0 Å². The van der Waals surface area contributed by atoms with E-state index in [1.807, 2.05) is 127 Å². The van der Waals surface area contributed by atoms with Crippen molar-refractivity contribution in [1.29, 1.82) is 0 Å². The Balaban J connectivity index is 1.15. The smallest absolute Gasteiger partial charge is 0.224 e. The maximum absolute atomic E-state index is 12.8. The summed E-state index contributed by atoms with van der Waals surface area (Å²) < 4.78 is 23.8. The number of carbonyl (C=O) groups excluding carboxylic acids is 1. The fourth-order valence-corrected chi connectivity index (χ4v) is 4.68. The Kier molecular flexibility index (Phi) is 10.9. The summed E-state index contributed by atoms with van der Waals surface area (Å²) in [5, 5.41) is 3.03. The molecular formula is C38H37NO5. The molecule has 1 N–H and O–H groups in total. The van der Waals surface area contributed by atoms with Crippen LogP contribution in [0.15, 0.2) is 127 Å². The van der Waals surface area contributed by atoms with E-state index in [1.54, 1.807) is 7.11 Å². The molecule has 0 fully saturated rings. The van der Waals surface area contributed by atoms with Gasteiger partial charge in [0.1, 0.15) is 19.8 Å². The highest BCUT2D eigenvalue weighted by Crippen LogP contribution is 2.31. The Bertz CT molecular complexity index is 1610. The summed E-state index contributed by atoms with van der Waals surface area (Å²) >= 11 is 0. The van der Waals surface area contributed by atoms with Crippen LogP contribution < -0.4 is 24.3 Å². The topological polar surface area (TPSA) is 66.0 Å². The van der Waals surface area contributed by atoms with Gasteiger partial charge in [-0.05, 0) is 58.5 Å². The molecule has 0 aliphatic rings. The normalized spacial score (nSPS) is 10.6. The first-order valence-corrected chi connectivity index (χ1v) is 14.7. The summed E-state index contributed by atoms with van der Waals surface area (Å²) in [6, 6.07) is 41.6. The van der Waals surface area contributed by atoms with Gasteiger partial charge < -0.3 is 24.3 Å². The van der Waals surface area contributed by atoms with Crippen LogP contribution in [0, 0.1) is 0 Å². The summed E-state index contributed by atoms with van der Waals surface area (Å²) in [6.45, 7) is 1.82. The maximum Gasteiger partial charge on any atom is 0.224 e. The number of benzene rings is 5. The van der Waals surface area contributed by atoms with Crippen LogP contribution in [0.1, 0.15) is 27.8 Å². The first-order valence-electron chi connectivity index (χ1n) is 14.7. The third-order valence-corrected chi connectivity index (χ3v) is 7.05. The predicted molar refractivity (Wildman–Crippen MR) is 172 cm³/mol. The number of methoxy groups -OCH3 is 1. The molecule has 0 aliphatic carbocycles. The second-order valence-corrected chi connectivity index (χ2v) is 10.4. The highest BCUT2D eigenvalue weighted by molar-refractivity contribution is 5.78. The van der Waals surface area contributed by atoms with Crippen LogP contribution in [0.5, 0.6) is 23.0 Å². The van der Waals surface area contributed by atoms with Gasteiger partial charge in [-0.2, -0.15) is 0 Å². The number of carbonyl (C=O) groups is 1. The molecule has 6 nitrogen and oxygen atoms in total. The zero-order chi connectivity index (χ0) is 30.4. The van der Waals surface area contributed by atoms with Crippen molar-refractivity contribution in [2.45, 2.75) is 32.7 Å². The number of ether oxygens (including phenoxy) is 4. The number of hydrogen-bond acceptors (Lipinski definition) is 5. The number of nitrogens with one attached hydrogen (secondary N) is 1. The lowest BCUT2D eigenvalue weighted by Crippen LogP contribution is -2.27. The minimum atomic E-state index is -0.0617. The second-order valence-electron chi connectivity index (χ2n) is 10.4. The molecule has 0 heterocycles. The van der Waals surface area contributed by atoms with Crippen molar-refractivity contribution in [3.05, 3.63) is 155 Å². The van der Waals surface area contributed by atoms with Gasteiger partial charge in [0, 0.05) is 6.54 Å². The van der Waals surface area contributed by atoms with Crippen molar-refractivity contribution < 1.29 is 23.7 Å². The van der Waals surface area contributed by atoms with Gasteiger partial charge in [0.05, 0.1) is 13.5 Å². The molecule has 6 heteroatoms. The summed E-state index contributed by atoms with van der Waals surface area (Å²) in [6.07, 6.45) is 0.898. The predicted octanol–water partition coefficient (Wildman–Crippen LogP) is 7.33. The van der Waals surface area contributed by atoms with Gasteiger partial charge in [0.25, 0.3) is 0 Å². The summed E-state index contributed by atoms with van der Waals surface area (Å²) in [5.74, 6) is 2.54. The lowest BCUT2D eigenvalue weighted by atomic mass is 10.1. The third-order valence-electron chi connectivity index (χ3n) is 7.05. The fourth-order valence-electron chi connectivity index (χ4n) is 4.68. The Labute approximate surface area is 259 Å². The van der Waals surface area contributed by atoms with Crippen LogP contribution in [0.4, 0.5) is 0 Å². The molecule has 44 heavy (non-hydrogen) atoms. The van der Waals surface area contributed by atoms with Gasteiger partial charge >= 0.3 is 0 Å². The Morgan fingerprint density at radius 1 is 0.523 bits per heavy atom. The van der Waals surface area contributed by atoms with Crippen LogP contribution in [0.2, 0.25) is 0 Å². The first kappa shape index (κ1) is 30.2. The van der Waals surface area contributed by atoms with Crippen LogP contribution in [-0.2, 0) is 37.5 Å². The van der Waals surface area contributed by atoms with E-state index in [-0.39, 0.29) is 12.3 Å². The summed E-state index contributed by atoms with van der Waals surface area (Å²) in [7, 11) is 1.60. The van der Waals surface area contributed by atoms with Crippen molar-refractivity contribution >= 4 is 5.91 Å². The molecule has 5 aromatic rings. The Hall–Kier alpha value is -5.23. The standard InChI is InChI=1S/C38H37NO5/c1-41-36-24-33(18-20-34(36)42-26-30-11-5-2-6-12-30)25-38(40)39-22-21-29-17-19-35(43-27-31-13-7-3-8-14-31)37(23-29)44-28-32-15-9-4-10-16-32/h2-20,23-24H,21-22,25-28H2,1H3,(H,39,40). The largest absolute Gasteiger partial charge is 0.493 e. The lowest BCUT2D eigenvalue weighted by molar-refractivity contribution is -0.120. The van der Waals surface area contributed by atoms with E-state index >= 15 is 0 Å². The van der Waals surface area contributed by atoms with E-state index in [4.69, 9.17) is 18.9 Å². The molecule has 0 spiro atoms. The number of amides is 1. The molecule has 0 unspecified atom stereocenters. The molecule has 5 rings (SSSR count). The van der Waals surface area contributed by atoms with Crippen LogP contribution in [-0.4, -0.2) is 19.6 Å². The van der Waals surface area contributed by atoms with Crippen LogP contribution in [0.3, 0.4) is 0 Å². The van der Waals surface area contributed by atoms with Gasteiger partial charge in [-0.3, -0.25) is 4.79 Å². The molecule has 0 bridgehead atoms.